The van der Waals surface area contributed by atoms with Crippen molar-refractivity contribution in [3.63, 3.8) is 0 Å². The minimum Gasteiger partial charge on any atom is -0.464 e. The summed E-state index contributed by atoms with van der Waals surface area (Å²) < 4.78 is 5.27. The van der Waals surface area contributed by atoms with E-state index in [1.165, 1.54) is 10.0 Å². The summed E-state index contributed by atoms with van der Waals surface area (Å²) in [7, 11) is 0. The monoisotopic (exact) mass is 380 g/mol. The summed E-state index contributed by atoms with van der Waals surface area (Å²) in [6, 6.07) is 17.9. The molecule has 146 valence electrons. The van der Waals surface area contributed by atoms with Gasteiger partial charge in [0, 0.05) is 6.42 Å². The molecule has 1 aliphatic heterocycles. The average Bonchev–Trinajstić information content (AvgIpc) is 2.97. The Morgan fingerprint density at radius 2 is 1.39 bits per heavy atom. The van der Waals surface area contributed by atoms with Crippen molar-refractivity contribution in [2.75, 3.05) is 16.6 Å². The highest BCUT2D eigenvalue weighted by atomic mass is 16.5. The number of benzene rings is 2. The van der Waals surface area contributed by atoms with E-state index < -0.39 is 17.7 Å². The smallest absolute Gasteiger partial charge is 0.306 e. The lowest BCUT2D eigenvalue weighted by Crippen LogP contribution is -2.41. The first kappa shape index (κ1) is 19.6. The SMILES string of the molecule is CCC(C)CC(=O)OCC1C(=O)N(c2ccccc2)N(c2ccccc2)C1=O. The van der Waals surface area contributed by atoms with E-state index in [-0.39, 0.29) is 24.9 Å². The Kier molecular flexibility index (Phi) is 6.09. The normalized spacial score (nSPS) is 15.8. The van der Waals surface area contributed by atoms with Crippen LogP contribution >= 0.6 is 0 Å². The van der Waals surface area contributed by atoms with E-state index in [1.54, 1.807) is 48.5 Å². The molecular weight excluding hydrogens is 356 g/mol. The van der Waals surface area contributed by atoms with Gasteiger partial charge in [0.05, 0.1) is 11.4 Å². The molecule has 2 aromatic carbocycles. The third-order valence-electron chi connectivity index (χ3n) is 4.84. The Morgan fingerprint density at radius 1 is 0.929 bits per heavy atom. The number of ether oxygens (including phenoxy) is 1. The van der Waals surface area contributed by atoms with E-state index in [0.29, 0.717) is 11.4 Å². The predicted molar refractivity (Wildman–Crippen MR) is 106 cm³/mol. The summed E-state index contributed by atoms with van der Waals surface area (Å²) in [6.45, 7) is 3.71. The second kappa shape index (κ2) is 8.69. The lowest BCUT2D eigenvalue weighted by molar-refractivity contribution is -0.147. The molecule has 2 aromatic rings. The van der Waals surface area contributed by atoms with Crippen molar-refractivity contribution < 1.29 is 19.1 Å². The third kappa shape index (κ3) is 4.06. The Bertz CT molecular complexity index is 781. The van der Waals surface area contributed by atoms with E-state index in [2.05, 4.69) is 0 Å². The van der Waals surface area contributed by atoms with Gasteiger partial charge in [0.1, 0.15) is 6.61 Å². The van der Waals surface area contributed by atoms with E-state index in [1.807, 2.05) is 26.0 Å². The Morgan fingerprint density at radius 3 is 1.82 bits per heavy atom. The van der Waals surface area contributed by atoms with Crippen LogP contribution in [0.1, 0.15) is 26.7 Å². The first-order chi connectivity index (χ1) is 13.5. The maximum absolute atomic E-state index is 13.1. The van der Waals surface area contributed by atoms with Gasteiger partial charge in [-0.2, -0.15) is 0 Å². The highest BCUT2D eigenvalue weighted by Crippen LogP contribution is 2.31. The number of hydrogen-bond acceptors (Lipinski definition) is 4. The van der Waals surface area contributed by atoms with Gasteiger partial charge in [-0.15, -0.1) is 0 Å². The molecule has 0 saturated carbocycles. The minimum absolute atomic E-state index is 0.198. The molecule has 1 aliphatic rings. The highest BCUT2D eigenvalue weighted by molar-refractivity contribution is 6.23. The summed E-state index contributed by atoms with van der Waals surface area (Å²) in [5.74, 6) is -2.06. The summed E-state index contributed by atoms with van der Waals surface area (Å²) in [5.41, 5.74) is 1.16. The fourth-order valence-corrected chi connectivity index (χ4v) is 3.03. The standard InChI is InChI=1S/C22H24N2O4/c1-3-16(2)14-20(25)28-15-19-21(26)23(17-10-6-4-7-11-17)24(22(19)27)18-12-8-5-9-13-18/h4-13,16,19H,3,14-15H2,1-2H3. The Labute approximate surface area is 164 Å². The quantitative estimate of drug-likeness (QED) is 0.544. The number of carbonyl (C=O) groups excluding carboxylic acids is 3. The molecule has 0 spiro atoms. The zero-order valence-corrected chi connectivity index (χ0v) is 16.1. The van der Waals surface area contributed by atoms with Gasteiger partial charge in [0.25, 0.3) is 11.8 Å². The van der Waals surface area contributed by atoms with Crippen molar-refractivity contribution in [1.82, 2.24) is 0 Å². The molecule has 0 bridgehead atoms. The summed E-state index contributed by atoms with van der Waals surface area (Å²) in [5, 5.41) is 2.70. The van der Waals surface area contributed by atoms with Crippen LogP contribution in [0.3, 0.4) is 0 Å². The largest absolute Gasteiger partial charge is 0.464 e. The van der Waals surface area contributed by atoms with Crippen LogP contribution in [0.4, 0.5) is 11.4 Å². The molecule has 6 heteroatoms. The molecule has 0 N–H and O–H groups in total. The van der Waals surface area contributed by atoms with Gasteiger partial charge >= 0.3 is 5.97 Å². The molecule has 1 unspecified atom stereocenters. The van der Waals surface area contributed by atoms with Gasteiger partial charge in [-0.1, -0.05) is 56.7 Å². The maximum atomic E-state index is 13.1. The second-order valence-electron chi connectivity index (χ2n) is 6.92. The number of carbonyl (C=O) groups is 3. The molecular formula is C22H24N2O4. The van der Waals surface area contributed by atoms with Crippen LogP contribution in [0.5, 0.6) is 0 Å². The van der Waals surface area contributed by atoms with Crippen LogP contribution in [0, 0.1) is 11.8 Å². The lowest BCUT2D eigenvalue weighted by atomic mass is 10.1. The molecule has 3 rings (SSSR count). The van der Waals surface area contributed by atoms with Crippen LogP contribution in [-0.4, -0.2) is 24.4 Å². The second-order valence-corrected chi connectivity index (χ2v) is 6.92. The van der Waals surface area contributed by atoms with Gasteiger partial charge < -0.3 is 4.74 Å². The summed E-state index contributed by atoms with van der Waals surface area (Å²) >= 11 is 0. The van der Waals surface area contributed by atoms with E-state index >= 15 is 0 Å². The van der Waals surface area contributed by atoms with Crippen LogP contribution in [0.2, 0.25) is 0 Å². The number of hydrazine groups is 1. The number of anilines is 2. The topological polar surface area (TPSA) is 66.9 Å². The zero-order valence-electron chi connectivity index (χ0n) is 16.1. The molecule has 1 saturated heterocycles. The lowest BCUT2D eigenvalue weighted by Gasteiger charge is -2.27. The number of amides is 2. The summed E-state index contributed by atoms with van der Waals surface area (Å²) in [6.07, 6.45) is 1.14. The molecule has 0 radical (unpaired) electrons. The Hall–Kier alpha value is -3.15. The van der Waals surface area contributed by atoms with Crippen LogP contribution < -0.4 is 10.0 Å². The first-order valence-corrected chi connectivity index (χ1v) is 9.46. The van der Waals surface area contributed by atoms with Crippen molar-refractivity contribution in [2.24, 2.45) is 11.8 Å². The number of esters is 1. The number of hydrogen-bond donors (Lipinski definition) is 0. The maximum Gasteiger partial charge on any atom is 0.306 e. The fraction of sp³-hybridized carbons (Fsp3) is 0.318. The molecule has 1 atom stereocenters. The molecule has 0 aliphatic carbocycles. The zero-order chi connectivity index (χ0) is 20.1. The fourth-order valence-electron chi connectivity index (χ4n) is 3.03. The van der Waals surface area contributed by atoms with Crippen molar-refractivity contribution in [3.8, 4) is 0 Å². The number of nitrogens with zero attached hydrogens (tertiary/aromatic N) is 2. The third-order valence-corrected chi connectivity index (χ3v) is 4.84. The Balaban J connectivity index is 1.84. The van der Waals surface area contributed by atoms with Crippen LogP contribution in [0.25, 0.3) is 0 Å². The molecule has 1 fully saturated rings. The van der Waals surface area contributed by atoms with Crippen molar-refractivity contribution in [1.29, 1.82) is 0 Å². The van der Waals surface area contributed by atoms with Crippen molar-refractivity contribution in [2.45, 2.75) is 26.7 Å². The van der Waals surface area contributed by atoms with Crippen LogP contribution in [0.15, 0.2) is 60.7 Å². The van der Waals surface area contributed by atoms with E-state index in [9.17, 15) is 14.4 Å². The van der Waals surface area contributed by atoms with Gasteiger partial charge in [0.2, 0.25) is 0 Å². The van der Waals surface area contributed by atoms with Gasteiger partial charge in [0.15, 0.2) is 5.92 Å². The van der Waals surface area contributed by atoms with Gasteiger partial charge in [-0.3, -0.25) is 14.4 Å². The highest BCUT2D eigenvalue weighted by Gasteiger charge is 2.47. The van der Waals surface area contributed by atoms with Crippen LogP contribution in [-0.2, 0) is 19.1 Å². The molecule has 0 aromatic heterocycles. The first-order valence-electron chi connectivity index (χ1n) is 9.46. The number of para-hydroxylation sites is 2. The van der Waals surface area contributed by atoms with E-state index in [0.717, 1.165) is 6.42 Å². The van der Waals surface area contributed by atoms with Crippen molar-refractivity contribution in [3.05, 3.63) is 60.7 Å². The average molecular weight is 380 g/mol. The molecule has 2 amide bonds. The molecule has 6 nitrogen and oxygen atoms in total. The number of rotatable bonds is 7. The predicted octanol–water partition coefficient (Wildman–Crippen LogP) is 3.58. The minimum atomic E-state index is -1.05. The molecule has 28 heavy (non-hydrogen) atoms. The van der Waals surface area contributed by atoms with Gasteiger partial charge in [-0.25, -0.2) is 10.0 Å². The summed E-state index contributed by atoms with van der Waals surface area (Å²) in [4.78, 5) is 38.1. The van der Waals surface area contributed by atoms with Crippen molar-refractivity contribution >= 4 is 29.2 Å². The van der Waals surface area contributed by atoms with Gasteiger partial charge in [-0.05, 0) is 30.2 Å². The molecule has 1 heterocycles. The van der Waals surface area contributed by atoms with E-state index in [4.69, 9.17) is 4.74 Å².